The van der Waals surface area contributed by atoms with Crippen molar-refractivity contribution in [1.29, 1.82) is 0 Å². The lowest BCUT2D eigenvalue weighted by Gasteiger charge is -2.31. The maximum Gasteiger partial charge on any atom is 0.348 e. The number of nitrogens with zero attached hydrogens (tertiary/aromatic N) is 4. The highest BCUT2D eigenvalue weighted by atomic mass is 16.5. The summed E-state index contributed by atoms with van der Waals surface area (Å²) >= 11 is 0. The van der Waals surface area contributed by atoms with Gasteiger partial charge in [0.2, 0.25) is 6.23 Å². The fourth-order valence-corrected chi connectivity index (χ4v) is 5.32. The van der Waals surface area contributed by atoms with E-state index < -0.39 is 18.2 Å². The third-order valence-corrected chi connectivity index (χ3v) is 7.64. The number of para-hydroxylation sites is 2. The Morgan fingerprint density at radius 1 is 0.756 bits per heavy atom. The summed E-state index contributed by atoms with van der Waals surface area (Å²) in [5.74, 6) is -2.13. The number of carbonyl (C=O) groups is 2. The van der Waals surface area contributed by atoms with Crippen molar-refractivity contribution in [2.75, 3.05) is 26.2 Å². The molecule has 4 N–H and O–H groups in total. The monoisotopic (exact) mass is 618 g/mol. The number of aliphatic carboxylic acids is 2. The van der Waals surface area contributed by atoms with Crippen molar-refractivity contribution in [2.45, 2.75) is 64.8 Å². The summed E-state index contributed by atoms with van der Waals surface area (Å²) in [5, 5.41) is 42.0. The van der Waals surface area contributed by atoms with E-state index in [4.69, 9.17) is 4.74 Å². The molecular formula is C34H42N4O7. The Kier molecular flexibility index (Phi) is 12.4. The highest BCUT2D eigenvalue weighted by molar-refractivity contribution is 5.85. The molecule has 4 rings (SSSR count). The number of benzene rings is 2. The van der Waals surface area contributed by atoms with Gasteiger partial charge in [0.25, 0.3) is 0 Å². The van der Waals surface area contributed by atoms with Gasteiger partial charge in [-0.2, -0.15) is 0 Å². The van der Waals surface area contributed by atoms with E-state index in [0.717, 1.165) is 42.9 Å². The second-order valence-corrected chi connectivity index (χ2v) is 11.2. The molecule has 1 unspecified atom stereocenters. The Hall–Kier alpha value is -4.32. The average molecular weight is 619 g/mol. The third kappa shape index (κ3) is 9.84. The van der Waals surface area contributed by atoms with Crippen molar-refractivity contribution in [3.63, 3.8) is 0 Å². The van der Waals surface area contributed by atoms with Crippen molar-refractivity contribution in [3.05, 3.63) is 72.1 Å². The fraction of sp³-hybridized carbons (Fsp3) is 0.412. The van der Waals surface area contributed by atoms with E-state index in [2.05, 4.69) is 16.9 Å². The standard InChI is InChI=1S/C34H42N4O7/c1-2-3-4-5-6-7-20-45-33(34(43)44)38(22-27-17-15-25-11-9-13-29(40)32(25)36-27)19-18-37(23-30(41)42)21-26-16-14-24-10-8-12-28(39)31(24)35-26/h8-17,33,39-40H,2-7,18-23H2,1H3,(H,41,42)(H,43,44). The van der Waals surface area contributed by atoms with Crippen molar-refractivity contribution in [2.24, 2.45) is 0 Å². The molecule has 240 valence electrons. The van der Waals surface area contributed by atoms with Crippen LogP contribution in [0.3, 0.4) is 0 Å². The van der Waals surface area contributed by atoms with E-state index in [1.807, 2.05) is 24.3 Å². The maximum atomic E-state index is 12.5. The number of phenols is 2. The van der Waals surface area contributed by atoms with Crippen LogP contribution in [0.5, 0.6) is 11.5 Å². The average Bonchev–Trinajstić information content (AvgIpc) is 3.01. The zero-order valence-corrected chi connectivity index (χ0v) is 25.6. The van der Waals surface area contributed by atoms with E-state index in [-0.39, 0.29) is 50.8 Å². The number of fused-ring (bicyclic) bond motifs is 2. The maximum absolute atomic E-state index is 12.5. The number of aromatic hydroxyl groups is 2. The number of aromatic nitrogens is 2. The second-order valence-electron chi connectivity index (χ2n) is 11.2. The molecule has 0 saturated heterocycles. The van der Waals surface area contributed by atoms with Gasteiger partial charge in [-0.1, -0.05) is 75.4 Å². The third-order valence-electron chi connectivity index (χ3n) is 7.64. The van der Waals surface area contributed by atoms with Crippen LogP contribution in [0.25, 0.3) is 21.8 Å². The van der Waals surface area contributed by atoms with Gasteiger partial charge in [-0.15, -0.1) is 0 Å². The van der Waals surface area contributed by atoms with Gasteiger partial charge in [0, 0.05) is 43.6 Å². The van der Waals surface area contributed by atoms with Crippen LogP contribution in [-0.4, -0.2) is 84.6 Å². The lowest BCUT2D eigenvalue weighted by atomic mass is 10.1. The van der Waals surface area contributed by atoms with Gasteiger partial charge in [0.1, 0.15) is 22.5 Å². The molecule has 2 heterocycles. The smallest absolute Gasteiger partial charge is 0.348 e. The van der Waals surface area contributed by atoms with Crippen molar-refractivity contribution < 1.29 is 34.8 Å². The summed E-state index contributed by atoms with van der Waals surface area (Å²) in [6.07, 6.45) is 4.90. The minimum atomic E-state index is -1.29. The van der Waals surface area contributed by atoms with Gasteiger partial charge in [0.05, 0.1) is 17.9 Å². The van der Waals surface area contributed by atoms with Crippen LogP contribution in [0.4, 0.5) is 0 Å². The van der Waals surface area contributed by atoms with Crippen molar-refractivity contribution in [3.8, 4) is 11.5 Å². The first-order valence-electron chi connectivity index (χ1n) is 15.4. The molecule has 0 aliphatic heterocycles. The van der Waals surface area contributed by atoms with E-state index in [1.54, 1.807) is 46.2 Å². The number of hydrogen-bond acceptors (Lipinski definition) is 9. The molecule has 0 radical (unpaired) electrons. The number of pyridine rings is 2. The first kappa shape index (κ1) is 33.6. The molecule has 0 fully saturated rings. The molecule has 1 atom stereocenters. The summed E-state index contributed by atoms with van der Waals surface area (Å²) in [5.41, 5.74) is 1.94. The summed E-state index contributed by atoms with van der Waals surface area (Å²) in [4.78, 5) is 36.7. The normalized spacial score (nSPS) is 12.3. The SMILES string of the molecule is CCCCCCCCOC(C(=O)O)N(CCN(CC(=O)O)Cc1ccc2cccc(O)c2n1)Cc1ccc2cccc(O)c2n1. The minimum absolute atomic E-state index is 0.0246. The van der Waals surface area contributed by atoms with E-state index in [9.17, 15) is 30.0 Å². The topological polar surface area (TPSA) is 157 Å². The van der Waals surface area contributed by atoms with Crippen LogP contribution in [-0.2, 0) is 27.4 Å². The first-order chi connectivity index (χ1) is 21.7. The quantitative estimate of drug-likeness (QED) is 0.0791. The number of carboxylic acid groups (broad SMARTS) is 2. The molecule has 0 aliphatic rings. The van der Waals surface area contributed by atoms with Crippen LogP contribution in [0.2, 0.25) is 0 Å². The van der Waals surface area contributed by atoms with Crippen molar-refractivity contribution in [1.82, 2.24) is 19.8 Å². The summed E-state index contributed by atoms with van der Waals surface area (Å²) in [6.45, 7) is 2.74. The molecule has 0 aliphatic carbocycles. The van der Waals surface area contributed by atoms with Gasteiger partial charge in [-0.25, -0.2) is 14.8 Å². The lowest BCUT2D eigenvalue weighted by molar-refractivity contribution is -0.166. The molecule has 0 bridgehead atoms. The summed E-state index contributed by atoms with van der Waals surface area (Å²) < 4.78 is 5.92. The number of hydrogen-bond donors (Lipinski definition) is 4. The summed E-state index contributed by atoms with van der Waals surface area (Å²) in [7, 11) is 0. The van der Waals surface area contributed by atoms with Gasteiger partial charge in [-0.3, -0.25) is 14.6 Å². The van der Waals surface area contributed by atoms with Crippen LogP contribution in [0, 0.1) is 0 Å². The fourth-order valence-electron chi connectivity index (χ4n) is 5.32. The lowest BCUT2D eigenvalue weighted by Crippen LogP contribution is -2.47. The van der Waals surface area contributed by atoms with Gasteiger partial charge in [-0.05, 0) is 30.7 Å². The highest BCUT2D eigenvalue weighted by Crippen LogP contribution is 2.24. The largest absolute Gasteiger partial charge is 0.506 e. The van der Waals surface area contributed by atoms with E-state index in [1.165, 1.54) is 6.42 Å². The van der Waals surface area contributed by atoms with Crippen LogP contribution in [0.1, 0.15) is 56.8 Å². The molecule has 11 heteroatoms. The molecule has 45 heavy (non-hydrogen) atoms. The summed E-state index contributed by atoms with van der Waals surface area (Å²) in [6, 6.07) is 17.4. The molecule has 0 saturated carbocycles. The van der Waals surface area contributed by atoms with Crippen LogP contribution >= 0.6 is 0 Å². The number of carboxylic acids is 2. The van der Waals surface area contributed by atoms with Crippen molar-refractivity contribution >= 4 is 33.7 Å². The Labute approximate surface area is 262 Å². The molecule has 2 aromatic carbocycles. The van der Waals surface area contributed by atoms with Crippen LogP contribution < -0.4 is 0 Å². The molecule has 0 spiro atoms. The minimum Gasteiger partial charge on any atom is -0.506 e. The Morgan fingerprint density at radius 3 is 1.91 bits per heavy atom. The molecule has 0 amide bonds. The van der Waals surface area contributed by atoms with E-state index >= 15 is 0 Å². The predicted octanol–water partition coefficient (Wildman–Crippen LogP) is 5.37. The molecular weight excluding hydrogens is 576 g/mol. The molecule has 11 nitrogen and oxygen atoms in total. The molecule has 4 aromatic rings. The van der Waals surface area contributed by atoms with Gasteiger partial charge >= 0.3 is 11.9 Å². The number of phenolic OH excluding ortho intramolecular Hbond substituents is 2. The number of unbranched alkanes of at least 4 members (excludes halogenated alkanes) is 5. The predicted molar refractivity (Wildman–Crippen MR) is 171 cm³/mol. The Morgan fingerprint density at radius 2 is 1.33 bits per heavy atom. The zero-order valence-electron chi connectivity index (χ0n) is 25.6. The van der Waals surface area contributed by atoms with Gasteiger partial charge < -0.3 is 25.2 Å². The second kappa shape index (κ2) is 16.7. The van der Waals surface area contributed by atoms with Crippen LogP contribution in [0.15, 0.2) is 60.7 Å². The highest BCUT2D eigenvalue weighted by Gasteiger charge is 2.28. The number of ether oxygens (including phenoxy) is 1. The number of rotatable bonds is 19. The Balaban J connectivity index is 1.53. The Bertz CT molecular complexity index is 1580. The first-order valence-corrected chi connectivity index (χ1v) is 15.4. The van der Waals surface area contributed by atoms with E-state index in [0.29, 0.717) is 22.4 Å². The molecule has 2 aromatic heterocycles. The zero-order chi connectivity index (χ0) is 32.2. The van der Waals surface area contributed by atoms with Gasteiger partial charge in [0.15, 0.2) is 0 Å².